The Kier molecular flexibility index (Phi) is 8.74. The average Bonchev–Trinajstić information content (AvgIpc) is 3.56. The summed E-state index contributed by atoms with van der Waals surface area (Å²) in [5.74, 6) is -0.181. The minimum Gasteiger partial charge on any atom is -0.497 e. The van der Waals surface area contributed by atoms with E-state index < -0.39 is 17.4 Å². The van der Waals surface area contributed by atoms with E-state index in [4.69, 9.17) is 14.6 Å². The van der Waals surface area contributed by atoms with Crippen molar-refractivity contribution in [3.8, 4) is 17.2 Å². The Bertz CT molecular complexity index is 1680. The molecular formula is C32H35N5O6. The van der Waals surface area contributed by atoms with Gasteiger partial charge < -0.3 is 24.6 Å². The molecule has 43 heavy (non-hydrogen) atoms. The summed E-state index contributed by atoms with van der Waals surface area (Å²) < 4.78 is 13.8. The molecule has 224 valence electrons. The number of carbonyl (C=O) groups excluding carboxylic acids is 1. The SMILES string of the molecule is COc1ccc2c(c1)[C@@](O)([C@H](C)/C=C/CCn1cc(CCO)nn1)C(=O)N2Cc1ccc(-n2cccc(OC)c2=O)cc1. The van der Waals surface area contributed by atoms with Crippen molar-refractivity contribution in [1.29, 1.82) is 0 Å². The molecule has 1 aliphatic rings. The second-order valence-corrected chi connectivity index (χ2v) is 10.4. The Morgan fingerprint density at radius 1 is 1.07 bits per heavy atom. The molecule has 0 radical (unpaired) electrons. The molecule has 3 heterocycles. The van der Waals surface area contributed by atoms with Crippen LogP contribution >= 0.6 is 0 Å². The van der Waals surface area contributed by atoms with Gasteiger partial charge in [-0.3, -0.25) is 18.8 Å². The maximum Gasteiger partial charge on any atom is 0.297 e. The number of ether oxygens (including phenoxy) is 2. The van der Waals surface area contributed by atoms with Gasteiger partial charge in [-0.15, -0.1) is 5.10 Å². The van der Waals surface area contributed by atoms with Crippen LogP contribution < -0.4 is 19.9 Å². The van der Waals surface area contributed by atoms with Crippen LogP contribution in [-0.4, -0.2) is 56.5 Å². The number of carbonyl (C=O) groups is 1. The van der Waals surface area contributed by atoms with Crippen molar-refractivity contribution >= 4 is 11.6 Å². The first-order valence-corrected chi connectivity index (χ1v) is 14.0. The van der Waals surface area contributed by atoms with Gasteiger partial charge in [-0.05, 0) is 54.4 Å². The van der Waals surface area contributed by atoms with Crippen molar-refractivity contribution in [2.24, 2.45) is 5.92 Å². The smallest absolute Gasteiger partial charge is 0.297 e. The molecular weight excluding hydrogens is 550 g/mol. The number of aromatic nitrogens is 4. The summed E-state index contributed by atoms with van der Waals surface area (Å²) in [5.41, 5.74) is 1.25. The van der Waals surface area contributed by atoms with Crippen molar-refractivity contribution in [1.82, 2.24) is 19.6 Å². The molecule has 0 saturated carbocycles. The minimum absolute atomic E-state index is 0.0159. The number of benzene rings is 2. The molecule has 4 aromatic rings. The highest BCUT2D eigenvalue weighted by Crippen LogP contribution is 2.47. The van der Waals surface area contributed by atoms with Crippen molar-refractivity contribution in [3.63, 3.8) is 0 Å². The minimum atomic E-state index is -1.80. The number of aliphatic hydroxyl groups excluding tert-OH is 1. The van der Waals surface area contributed by atoms with E-state index in [9.17, 15) is 14.7 Å². The van der Waals surface area contributed by atoms with Gasteiger partial charge in [-0.25, -0.2) is 0 Å². The van der Waals surface area contributed by atoms with Gasteiger partial charge in [0.2, 0.25) is 0 Å². The van der Waals surface area contributed by atoms with Crippen LogP contribution in [0.5, 0.6) is 11.5 Å². The fraction of sp³-hybridized carbons (Fsp3) is 0.312. The van der Waals surface area contributed by atoms with Gasteiger partial charge in [-0.1, -0.05) is 36.4 Å². The molecule has 0 spiro atoms. The van der Waals surface area contributed by atoms with Gasteiger partial charge in [-0.2, -0.15) is 0 Å². The fourth-order valence-electron chi connectivity index (χ4n) is 5.31. The lowest BCUT2D eigenvalue weighted by Crippen LogP contribution is -2.44. The van der Waals surface area contributed by atoms with Gasteiger partial charge in [0.25, 0.3) is 11.5 Å². The second kappa shape index (κ2) is 12.6. The Morgan fingerprint density at radius 2 is 1.86 bits per heavy atom. The van der Waals surface area contributed by atoms with Crippen LogP contribution in [-0.2, 0) is 29.9 Å². The molecule has 1 amide bonds. The zero-order valence-electron chi connectivity index (χ0n) is 24.4. The van der Waals surface area contributed by atoms with Gasteiger partial charge in [0.1, 0.15) is 5.75 Å². The number of aryl methyl sites for hydroxylation is 1. The largest absolute Gasteiger partial charge is 0.497 e. The summed E-state index contributed by atoms with van der Waals surface area (Å²) in [6.45, 7) is 2.63. The molecule has 0 saturated heterocycles. The van der Waals surface area contributed by atoms with E-state index in [2.05, 4.69) is 10.3 Å². The number of nitrogens with zero attached hydrogens (tertiary/aromatic N) is 5. The number of aliphatic hydroxyl groups is 2. The molecule has 0 unspecified atom stereocenters. The van der Waals surface area contributed by atoms with Gasteiger partial charge in [0.05, 0.1) is 32.1 Å². The Balaban J connectivity index is 1.36. The first-order valence-electron chi connectivity index (χ1n) is 14.0. The highest BCUT2D eigenvalue weighted by atomic mass is 16.5. The molecule has 2 atom stereocenters. The van der Waals surface area contributed by atoms with Crippen LogP contribution in [0.3, 0.4) is 0 Å². The quantitative estimate of drug-likeness (QED) is 0.243. The first-order chi connectivity index (χ1) is 20.8. The van der Waals surface area contributed by atoms with Crippen LogP contribution in [0.25, 0.3) is 5.69 Å². The number of allylic oxidation sites excluding steroid dienone is 1. The van der Waals surface area contributed by atoms with E-state index in [-0.39, 0.29) is 24.5 Å². The number of anilines is 1. The van der Waals surface area contributed by atoms with Crippen molar-refractivity contribution < 1.29 is 24.5 Å². The van der Waals surface area contributed by atoms with Crippen LogP contribution in [0.1, 0.15) is 30.2 Å². The molecule has 2 N–H and O–H groups in total. The third kappa shape index (κ3) is 5.81. The molecule has 0 aliphatic carbocycles. The lowest BCUT2D eigenvalue weighted by molar-refractivity contribution is -0.139. The normalized spacial score (nSPS) is 17.0. The number of hydrogen-bond acceptors (Lipinski definition) is 8. The van der Waals surface area contributed by atoms with Crippen LogP contribution in [0.15, 0.2) is 83.9 Å². The predicted molar refractivity (Wildman–Crippen MR) is 160 cm³/mol. The summed E-state index contributed by atoms with van der Waals surface area (Å²) in [6, 6.07) is 16.0. The number of pyridine rings is 1. The maximum atomic E-state index is 14.0. The average molecular weight is 586 g/mol. The molecule has 11 nitrogen and oxygen atoms in total. The summed E-state index contributed by atoms with van der Waals surface area (Å²) in [5, 5.41) is 29.2. The number of methoxy groups -OCH3 is 2. The number of fused-ring (bicyclic) bond motifs is 1. The first kappa shape index (κ1) is 29.7. The van der Waals surface area contributed by atoms with E-state index in [0.717, 1.165) is 11.3 Å². The van der Waals surface area contributed by atoms with E-state index in [1.165, 1.54) is 11.7 Å². The summed E-state index contributed by atoms with van der Waals surface area (Å²) in [4.78, 5) is 28.2. The van der Waals surface area contributed by atoms with Crippen LogP contribution in [0.4, 0.5) is 5.69 Å². The Morgan fingerprint density at radius 3 is 2.58 bits per heavy atom. The summed E-state index contributed by atoms with van der Waals surface area (Å²) >= 11 is 0. The molecule has 2 aromatic heterocycles. The van der Waals surface area contributed by atoms with Crippen molar-refractivity contribution in [2.75, 3.05) is 25.7 Å². The lowest BCUT2D eigenvalue weighted by Gasteiger charge is -2.28. The Hall–Kier alpha value is -4.74. The summed E-state index contributed by atoms with van der Waals surface area (Å²) in [7, 11) is 3.00. The van der Waals surface area contributed by atoms with Gasteiger partial charge in [0.15, 0.2) is 11.4 Å². The van der Waals surface area contributed by atoms with E-state index in [1.807, 2.05) is 43.3 Å². The topological polar surface area (TPSA) is 132 Å². The van der Waals surface area contributed by atoms with E-state index in [1.54, 1.807) is 59.4 Å². The fourth-order valence-corrected chi connectivity index (χ4v) is 5.31. The molecule has 0 bridgehead atoms. The third-order valence-electron chi connectivity index (χ3n) is 7.73. The number of rotatable bonds is 12. The van der Waals surface area contributed by atoms with Crippen LogP contribution in [0, 0.1) is 5.92 Å². The van der Waals surface area contributed by atoms with Crippen LogP contribution in [0.2, 0.25) is 0 Å². The highest BCUT2D eigenvalue weighted by Gasteiger charge is 2.52. The molecule has 5 rings (SSSR count). The summed E-state index contributed by atoms with van der Waals surface area (Å²) in [6.07, 6.45) is 8.30. The predicted octanol–water partition coefficient (Wildman–Crippen LogP) is 3.00. The highest BCUT2D eigenvalue weighted by molar-refractivity contribution is 6.07. The van der Waals surface area contributed by atoms with Crippen molar-refractivity contribution in [2.45, 2.75) is 38.5 Å². The number of amides is 1. The van der Waals surface area contributed by atoms with Gasteiger partial charge >= 0.3 is 0 Å². The third-order valence-corrected chi connectivity index (χ3v) is 7.73. The molecule has 0 fully saturated rings. The standard InChI is InChI=1S/C32H35N5O6/c1-22(7-4-5-16-35-21-24(15-18-38)33-34-35)32(41)27-19-26(42-2)13-14-28(27)37(31(32)40)20-23-9-11-25(12-10-23)36-17-6-8-29(43-3)30(36)39/h4,6-14,17,19,21-22,38,41H,5,15-16,18,20H2,1-3H3/b7-4+/t22-,32+/m1/s1. The van der Waals surface area contributed by atoms with Crippen molar-refractivity contribution in [3.05, 3.63) is 106 Å². The maximum absolute atomic E-state index is 14.0. The Labute approximate surface area is 249 Å². The molecule has 2 aromatic carbocycles. The van der Waals surface area contributed by atoms with Gasteiger partial charge in [0, 0.05) is 49.1 Å². The van der Waals surface area contributed by atoms with E-state index >= 15 is 0 Å². The second-order valence-electron chi connectivity index (χ2n) is 10.4. The number of hydrogen-bond donors (Lipinski definition) is 2. The zero-order valence-corrected chi connectivity index (χ0v) is 24.4. The molecule has 1 aliphatic heterocycles. The van der Waals surface area contributed by atoms with E-state index in [0.29, 0.717) is 42.1 Å². The monoisotopic (exact) mass is 585 g/mol. The molecule has 11 heteroatoms. The zero-order chi connectivity index (χ0) is 30.6. The lowest BCUT2D eigenvalue weighted by atomic mass is 9.83.